The Morgan fingerprint density at radius 1 is 1.24 bits per heavy atom. The van der Waals surface area contributed by atoms with Gasteiger partial charge in [-0.25, -0.2) is 4.79 Å². The predicted octanol–water partition coefficient (Wildman–Crippen LogP) is 3.93. The Bertz CT molecular complexity index is 667. The zero-order valence-corrected chi connectivity index (χ0v) is 12.5. The number of carbonyl (C=O) groups is 1. The molecule has 0 saturated carbocycles. The molecule has 0 aliphatic carbocycles. The van der Waals surface area contributed by atoms with Crippen LogP contribution in [-0.2, 0) is 6.61 Å². The molecule has 0 heterocycles. The molecule has 0 bridgehead atoms. The lowest BCUT2D eigenvalue weighted by atomic mass is 10.1. The van der Waals surface area contributed by atoms with Crippen LogP contribution in [0.25, 0.3) is 0 Å². The number of rotatable bonds is 5. The Morgan fingerprint density at radius 3 is 2.62 bits per heavy atom. The van der Waals surface area contributed by atoms with E-state index in [9.17, 15) is 9.90 Å². The second kappa shape index (κ2) is 6.50. The molecular formula is C16H15ClO4. The Labute approximate surface area is 127 Å². The minimum absolute atomic E-state index is 0.0639. The van der Waals surface area contributed by atoms with Crippen LogP contribution in [0.5, 0.6) is 11.5 Å². The Hall–Kier alpha value is -2.20. The zero-order chi connectivity index (χ0) is 15.4. The highest BCUT2D eigenvalue weighted by molar-refractivity contribution is 6.32. The Balaban J connectivity index is 2.28. The first-order valence-electron chi connectivity index (χ1n) is 6.31. The van der Waals surface area contributed by atoms with Crippen molar-refractivity contribution in [2.24, 2.45) is 0 Å². The lowest BCUT2D eigenvalue weighted by Crippen LogP contribution is -2.07. The van der Waals surface area contributed by atoms with E-state index in [2.05, 4.69) is 0 Å². The summed E-state index contributed by atoms with van der Waals surface area (Å²) in [5.74, 6) is -0.0508. The van der Waals surface area contributed by atoms with E-state index in [1.807, 2.05) is 13.0 Å². The van der Waals surface area contributed by atoms with Crippen LogP contribution >= 0.6 is 11.6 Å². The van der Waals surface area contributed by atoms with Crippen molar-refractivity contribution in [1.82, 2.24) is 0 Å². The van der Waals surface area contributed by atoms with Crippen molar-refractivity contribution in [1.29, 1.82) is 0 Å². The molecule has 21 heavy (non-hydrogen) atoms. The van der Waals surface area contributed by atoms with Crippen LogP contribution < -0.4 is 9.47 Å². The molecule has 0 radical (unpaired) electrons. The summed E-state index contributed by atoms with van der Waals surface area (Å²) in [6, 6.07) is 10.3. The van der Waals surface area contributed by atoms with E-state index in [4.69, 9.17) is 21.1 Å². The highest BCUT2D eigenvalue weighted by Crippen LogP contribution is 2.29. The van der Waals surface area contributed by atoms with Crippen molar-refractivity contribution >= 4 is 17.6 Å². The minimum atomic E-state index is -1.03. The van der Waals surface area contributed by atoms with Gasteiger partial charge < -0.3 is 14.6 Å². The fourth-order valence-electron chi connectivity index (χ4n) is 1.98. The van der Waals surface area contributed by atoms with Crippen LogP contribution in [0.15, 0.2) is 36.4 Å². The van der Waals surface area contributed by atoms with Crippen LogP contribution in [0, 0.1) is 6.92 Å². The van der Waals surface area contributed by atoms with Gasteiger partial charge in [-0.1, -0.05) is 23.7 Å². The molecule has 0 fully saturated rings. The number of hydrogen-bond donors (Lipinski definition) is 1. The highest BCUT2D eigenvalue weighted by atomic mass is 35.5. The first-order valence-corrected chi connectivity index (χ1v) is 6.69. The van der Waals surface area contributed by atoms with Gasteiger partial charge in [-0.3, -0.25) is 0 Å². The third-order valence-electron chi connectivity index (χ3n) is 3.04. The first-order chi connectivity index (χ1) is 10.0. The van der Waals surface area contributed by atoms with Gasteiger partial charge in [0.2, 0.25) is 0 Å². The molecule has 4 nitrogen and oxygen atoms in total. The van der Waals surface area contributed by atoms with Crippen molar-refractivity contribution < 1.29 is 19.4 Å². The van der Waals surface area contributed by atoms with E-state index < -0.39 is 5.97 Å². The van der Waals surface area contributed by atoms with E-state index in [-0.39, 0.29) is 12.2 Å². The predicted molar refractivity (Wildman–Crippen MR) is 80.5 cm³/mol. The molecule has 0 unspecified atom stereocenters. The molecule has 0 saturated heterocycles. The van der Waals surface area contributed by atoms with Gasteiger partial charge in [0.1, 0.15) is 18.1 Å². The van der Waals surface area contributed by atoms with Crippen molar-refractivity contribution in [3.63, 3.8) is 0 Å². The third kappa shape index (κ3) is 3.47. The van der Waals surface area contributed by atoms with Crippen LogP contribution in [-0.4, -0.2) is 18.2 Å². The summed E-state index contributed by atoms with van der Waals surface area (Å²) >= 11 is 6.10. The number of benzene rings is 2. The fourth-order valence-corrected chi connectivity index (χ4v) is 2.27. The van der Waals surface area contributed by atoms with Gasteiger partial charge in [0.25, 0.3) is 0 Å². The maximum absolute atomic E-state index is 11.3. The number of halogens is 1. The highest BCUT2D eigenvalue weighted by Gasteiger charge is 2.15. The van der Waals surface area contributed by atoms with Crippen molar-refractivity contribution in [2.75, 3.05) is 7.11 Å². The topological polar surface area (TPSA) is 55.8 Å². The summed E-state index contributed by atoms with van der Waals surface area (Å²) in [6.45, 7) is 1.99. The van der Waals surface area contributed by atoms with E-state index in [1.54, 1.807) is 24.3 Å². The molecule has 0 aliphatic heterocycles. The number of carboxylic acids is 1. The molecule has 2 rings (SSSR count). The lowest BCUT2D eigenvalue weighted by Gasteiger charge is -2.13. The lowest BCUT2D eigenvalue weighted by molar-refractivity contribution is 0.0693. The number of carboxylic acid groups (broad SMARTS) is 1. The normalized spacial score (nSPS) is 10.2. The van der Waals surface area contributed by atoms with Gasteiger partial charge in [0, 0.05) is 5.56 Å². The second-order valence-corrected chi connectivity index (χ2v) is 4.92. The van der Waals surface area contributed by atoms with E-state index in [0.29, 0.717) is 22.1 Å². The molecule has 0 aromatic heterocycles. The number of aryl methyl sites for hydroxylation is 1. The summed E-state index contributed by atoms with van der Waals surface area (Å²) in [5, 5.41) is 9.72. The number of methoxy groups -OCH3 is 1. The minimum Gasteiger partial charge on any atom is -0.496 e. The standard InChI is InChI=1S/C16H15ClO4/c1-10-6-7-15(13(17)8-10)21-9-12-11(16(18)19)4-3-5-14(12)20-2/h3-8H,9H2,1-2H3,(H,18,19). The van der Waals surface area contributed by atoms with Crippen LogP contribution in [0.4, 0.5) is 0 Å². The van der Waals surface area contributed by atoms with Crippen molar-refractivity contribution in [2.45, 2.75) is 13.5 Å². The van der Waals surface area contributed by atoms with E-state index >= 15 is 0 Å². The van der Waals surface area contributed by atoms with E-state index in [0.717, 1.165) is 5.56 Å². The molecule has 5 heteroatoms. The monoisotopic (exact) mass is 306 g/mol. The average Bonchev–Trinajstić information content (AvgIpc) is 2.45. The quantitative estimate of drug-likeness (QED) is 0.909. The summed E-state index contributed by atoms with van der Waals surface area (Å²) in [6.07, 6.45) is 0. The molecule has 1 N–H and O–H groups in total. The van der Waals surface area contributed by atoms with Crippen LogP contribution in [0.2, 0.25) is 5.02 Å². The van der Waals surface area contributed by atoms with Crippen LogP contribution in [0.3, 0.4) is 0 Å². The number of ether oxygens (including phenoxy) is 2. The Morgan fingerprint density at radius 2 is 2.00 bits per heavy atom. The third-order valence-corrected chi connectivity index (χ3v) is 3.34. The molecule has 0 spiro atoms. The first kappa shape index (κ1) is 15.2. The average molecular weight is 307 g/mol. The van der Waals surface area contributed by atoms with Crippen molar-refractivity contribution in [3.8, 4) is 11.5 Å². The van der Waals surface area contributed by atoms with E-state index in [1.165, 1.54) is 13.2 Å². The largest absolute Gasteiger partial charge is 0.496 e. The summed E-state index contributed by atoms with van der Waals surface area (Å²) in [5.41, 5.74) is 1.65. The molecule has 2 aromatic rings. The smallest absolute Gasteiger partial charge is 0.336 e. The molecule has 0 aliphatic rings. The SMILES string of the molecule is COc1cccc(C(=O)O)c1COc1ccc(C)cc1Cl. The fraction of sp³-hybridized carbons (Fsp3) is 0.188. The van der Waals surface area contributed by atoms with Gasteiger partial charge in [-0.05, 0) is 36.8 Å². The summed E-state index contributed by atoms with van der Waals surface area (Å²) in [7, 11) is 1.49. The van der Waals surface area contributed by atoms with Gasteiger partial charge in [0.05, 0.1) is 17.7 Å². The van der Waals surface area contributed by atoms with Gasteiger partial charge in [0.15, 0.2) is 0 Å². The van der Waals surface area contributed by atoms with Crippen molar-refractivity contribution in [3.05, 3.63) is 58.1 Å². The molecule has 0 amide bonds. The second-order valence-electron chi connectivity index (χ2n) is 4.51. The maximum Gasteiger partial charge on any atom is 0.336 e. The molecule has 2 aromatic carbocycles. The summed E-state index contributed by atoms with van der Waals surface area (Å²) < 4.78 is 10.8. The van der Waals surface area contributed by atoms with Crippen LogP contribution in [0.1, 0.15) is 21.5 Å². The molecule has 110 valence electrons. The number of hydrogen-bond acceptors (Lipinski definition) is 3. The van der Waals surface area contributed by atoms with Gasteiger partial charge >= 0.3 is 5.97 Å². The van der Waals surface area contributed by atoms with Gasteiger partial charge in [-0.15, -0.1) is 0 Å². The number of aromatic carboxylic acids is 1. The zero-order valence-electron chi connectivity index (χ0n) is 11.7. The summed E-state index contributed by atoms with van der Waals surface area (Å²) in [4.78, 5) is 11.3. The van der Waals surface area contributed by atoms with Gasteiger partial charge in [-0.2, -0.15) is 0 Å². The Kier molecular flexibility index (Phi) is 4.70. The molecular weight excluding hydrogens is 292 g/mol. The maximum atomic E-state index is 11.3. The molecule has 0 atom stereocenters.